The number of fused-ring (bicyclic) bond motifs is 2. The van der Waals surface area contributed by atoms with E-state index in [1.54, 1.807) is 29.0 Å². The number of rotatable bonds is 8. The molecule has 9 heteroatoms. The molecule has 1 aliphatic heterocycles. The van der Waals surface area contributed by atoms with Crippen molar-refractivity contribution >= 4 is 22.7 Å². The van der Waals surface area contributed by atoms with E-state index in [-0.39, 0.29) is 24.2 Å². The Balaban J connectivity index is 1.56. The normalized spacial score (nSPS) is 13.3. The van der Waals surface area contributed by atoms with Crippen molar-refractivity contribution in [3.05, 3.63) is 58.3 Å². The number of pyridine rings is 1. The molecular formula is C24H27N3O6. The summed E-state index contributed by atoms with van der Waals surface area (Å²) in [5, 5.41) is 5.93. The molecule has 1 unspecified atom stereocenters. The second-order valence-electron chi connectivity index (χ2n) is 8.20. The summed E-state index contributed by atoms with van der Waals surface area (Å²) in [4.78, 5) is 39.1. The molecule has 4 rings (SSSR count). The quantitative estimate of drug-likeness (QED) is 0.542. The smallest absolute Gasteiger partial charge is 0.257 e. The lowest BCUT2D eigenvalue weighted by Crippen LogP contribution is -2.50. The van der Waals surface area contributed by atoms with Gasteiger partial charge in [-0.25, -0.2) is 0 Å². The first-order valence-corrected chi connectivity index (χ1v) is 11.0. The van der Waals surface area contributed by atoms with Crippen LogP contribution in [-0.4, -0.2) is 35.8 Å². The van der Waals surface area contributed by atoms with Gasteiger partial charge in [0.15, 0.2) is 11.5 Å². The van der Waals surface area contributed by atoms with Crippen molar-refractivity contribution in [1.82, 2.24) is 15.2 Å². The zero-order valence-corrected chi connectivity index (χ0v) is 18.8. The highest BCUT2D eigenvalue weighted by Crippen LogP contribution is 2.35. The van der Waals surface area contributed by atoms with E-state index in [1.165, 1.54) is 6.20 Å². The molecule has 0 fully saturated rings. The monoisotopic (exact) mass is 453 g/mol. The van der Waals surface area contributed by atoms with Crippen LogP contribution in [0.2, 0.25) is 0 Å². The number of benzene rings is 1. The van der Waals surface area contributed by atoms with Gasteiger partial charge in [0.05, 0.1) is 17.2 Å². The minimum absolute atomic E-state index is 0.0303. The molecule has 2 N–H and O–H groups in total. The largest absolute Gasteiger partial charge is 0.469 e. The van der Waals surface area contributed by atoms with Crippen LogP contribution in [-0.2, 0) is 17.8 Å². The summed E-state index contributed by atoms with van der Waals surface area (Å²) < 4.78 is 17.9. The molecule has 1 atom stereocenters. The molecule has 174 valence electrons. The summed E-state index contributed by atoms with van der Waals surface area (Å²) in [6.07, 6.45) is 3.64. The zero-order chi connectivity index (χ0) is 23.5. The number of aryl methyl sites for hydroxylation is 1. The number of ether oxygens (including phenoxy) is 2. The van der Waals surface area contributed by atoms with Crippen LogP contribution in [0.5, 0.6) is 11.5 Å². The van der Waals surface area contributed by atoms with E-state index in [4.69, 9.17) is 13.9 Å². The van der Waals surface area contributed by atoms with Crippen LogP contribution < -0.4 is 25.5 Å². The molecule has 0 saturated carbocycles. The Hall–Kier alpha value is -3.75. The number of aromatic nitrogens is 1. The Bertz CT molecular complexity index is 1230. The molecule has 33 heavy (non-hydrogen) atoms. The van der Waals surface area contributed by atoms with Crippen molar-refractivity contribution in [2.45, 2.75) is 39.8 Å². The molecule has 3 heterocycles. The molecule has 0 aliphatic carbocycles. The Morgan fingerprint density at radius 3 is 2.61 bits per heavy atom. The van der Waals surface area contributed by atoms with E-state index < -0.39 is 17.4 Å². The summed E-state index contributed by atoms with van der Waals surface area (Å²) >= 11 is 0. The van der Waals surface area contributed by atoms with Crippen LogP contribution >= 0.6 is 0 Å². The number of nitrogens with one attached hydrogen (secondary N) is 2. The molecule has 1 aliphatic rings. The van der Waals surface area contributed by atoms with E-state index in [9.17, 15) is 14.4 Å². The molecule has 0 spiro atoms. The zero-order valence-electron chi connectivity index (χ0n) is 18.8. The fourth-order valence-electron chi connectivity index (χ4n) is 3.83. The molecule has 2 aromatic heterocycles. The van der Waals surface area contributed by atoms with Gasteiger partial charge in [0, 0.05) is 31.8 Å². The number of hydrogen-bond donors (Lipinski definition) is 2. The number of furan rings is 1. The van der Waals surface area contributed by atoms with Crippen LogP contribution in [0.4, 0.5) is 0 Å². The Morgan fingerprint density at radius 2 is 1.94 bits per heavy atom. The predicted octanol–water partition coefficient (Wildman–Crippen LogP) is 2.46. The van der Waals surface area contributed by atoms with Crippen molar-refractivity contribution in [3.8, 4) is 11.5 Å². The first-order chi connectivity index (χ1) is 15.9. The second kappa shape index (κ2) is 9.40. The number of nitrogens with zero attached hydrogens (tertiary/aromatic N) is 1. The Morgan fingerprint density at radius 1 is 1.18 bits per heavy atom. The van der Waals surface area contributed by atoms with Crippen LogP contribution in [0.1, 0.15) is 36.9 Å². The fraction of sp³-hybridized carbons (Fsp3) is 0.375. The van der Waals surface area contributed by atoms with Gasteiger partial charge in [-0.15, -0.1) is 0 Å². The third-order valence-corrected chi connectivity index (χ3v) is 5.65. The van der Waals surface area contributed by atoms with E-state index in [2.05, 4.69) is 10.6 Å². The van der Waals surface area contributed by atoms with Crippen molar-refractivity contribution in [2.75, 3.05) is 13.3 Å². The SMILES string of the molecule is CCn1cc(C(=O)NC(C(=O)NCCc2ccco2)C(C)C)c(=O)c2cc3c(cc21)OCO3. The summed E-state index contributed by atoms with van der Waals surface area (Å²) in [6.45, 7) is 6.59. The van der Waals surface area contributed by atoms with Crippen molar-refractivity contribution in [3.63, 3.8) is 0 Å². The lowest BCUT2D eigenvalue weighted by Gasteiger charge is -2.22. The van der Waals surface area contributed by atoms with Gasteiger partial charge in [0.2, 0.25) is 18.1 Å². The molecule has 0 radical (unpaired) electrons. The number of carbonyl (C=O) groups is 2. The highest BCUT2D eigenvalue weighted by molar-refractivity contribution is 6.00. The molecule has 0 bridgehead atoms. The summed E-state index contributed by atoms with van der Waals surface area (Å²) in [5.41, 5.74) is 0.197. The predicted molar refractivity (Wildman–Crippen MR) is 122 cm³/mol. The van der Waals surface area contributed by atoms with Gasteiger partial charge in [0.25, 0.3) is 5.91 Å². The maximum atomic E-state index is 13.2. The van der Waals surface area contributed by atoms with Crippen molar-refractivity contribution < 1.29 is 23.5 Å². The van der Waals surface area contributed by atoms with Gasteiger partial charge in [-0.1, -0.05) is 13.8 Å². The molecule has 2 amide bonds. The average molecular weight is 453 g/mol. The molecule has 3 aromatic rings. The topological polar surface area (TPSA) is 112 Å². The van der Waals surface area contributed by atoms with Crippen LogP contribution in [0, 0.1) is 5.92 Å². The summed E-state index contributed by atoms with van der Waals surface area (Å²) in [5.74, 6) is 0.701. The fourth-order valence-corrected chi connectivity index (χ4v) is 3.83. The van der Waals surface area contributed by atoms with Gasteiger partial charge in [0.1, 0.15) is 17.4 Å². The maximum absolute atomic E-state index is 13.2. The summed E-state index contributed by atoms with van der Waals surface area (Å²) in [7, 11) is 0. The van der Waals surface area contributed by atoms with Crippen LogP contribution in [0.3, 0.4) is 0 Å². The summed E-state index contributed by atoms with van der Waals surface area (Å²) in [6, 6.07) is 6.17. The maximum Gasteiger partial charge on any atom is 0.257 e. The third kappa shape index (κ3) is 4.57. The lowest BCUT2D eigenvalue weighted by atomic mass is 10.0. The lowest BCUT2D eigenvalue weighted by molar-refractivity contribution is -0.123. The van der Waals surface area contributed by atoms with Gasteiger partial charge >= 0.3 is 0 Å². The van der Waals surface area contributed by atoms with Gasteiger partial charge in [-0.05, 0) is 31.0 Å². The molecular weight excluding hydrogens is 426 g/mol. The second-order valence-corrected chi connectivity index (χ2v) is 8.20. The first kappa shape index (κ1) is 22.4. The van der Waals surface area contributed by atoms with E-state index in [1.807, 2.05) is 26.8 Å². The molecule has 9 nitrogen and oxygen atoms in total. The minimum atomic E-state index is -0.795. The van der Waals surface area contributed by atoms with Crippen LogP contribution in [0.15, 0.2) is 45.9 Å². The highest BCUT2D eigenvalue weighted by atomic mass is 16.7. The minimum Gasteiger partial charge on any atom is -0.469 e. The molecule has 0 saturated heterocycles. The van der Waals surface area contributed by atoms with E-state index in [0.29, 0.717) is 41.9 Å². The van der Waals surface area contributed by atoms with Gasteiger partial charge < -0.3 is 29.1 Å². The Labute approximate surface area is 190 Å². The van der Waals surface area contributed by atoms with Crippen LogP contribution in [0.25, 0.3) is 10.9 Å². The van der Waals surface area contributed by atoms with Gasteiger partial charge in [-0.3, -0.25) is 14.4 Å². The van der Waals surface area contributed by atoms with E-state index in [0.717, 1.165) is 5.76 Å². The number of carbonyl (C=O) groups excluding carboxylic acids is 2. The van der Waals surface area contributed by atoms with Crippen molar-refractivity contribution in [1.29, 1.82) is 0 Å². The molecule has 1 aromatic carbocycles. The number of amides is 2. The standard InChI is InChI=1S/C24H27N3O6/c1-4-27-12-17(22(28)16-10-19-20(11-18(16)27)33-13-32-19)23(29)26-21(14(2)3)24(30)25-8-7-15-6-5-9-31-15/h5-6,9-12,14,21H,4,7-8,13H2,1-3H3,(H,25,30)(H,26,29). The highest BCUT2D eigenvalue weighted by Gasteiger charge is 2.27. The first-order valence-electron chi connectivity index (χ1n) is 11.0. The number of hydrogen-bond acceptors (Lipinski definition) is 6. The van der Waals surface area contributed by atoms with Gasteiger partial charge in [-0.2, -0.15) is 0 Å². The third-order valence-electron chi connectivity index (χ3n) is 5.65. The van der Waals surface area contributed by atoms with Crippen molar-refractivity contribution in [2.24, 2.45) is 5.92 Å². The average Bonchev–Trinajstić information content (AvgIpc) is 3.48. The Kier molecular flexibility index (Phi) is 6.39. The van der Waals surface area contributed by atoms with E-state index >= 15 is 0 Å².